The molecular weight excluding hydrogens is 362 g/mol. The number of aromatic nitrogens is 1. The lowest BCUT2D eigenvalue weighted by atomic mass is 9.68. The van der Waals surface area contributed by atoms with Gasteiger partial charge in [0.25, 0.3) is 0 Å². The van der Waals surface area contributed by atoms with E-state index in [1.165, 1.54) is 16.7 Å². The highest BCUT2D eigenvalue weighted by Gasteiger charge is 2.38. The van der Waals surface area contributed by atoms with Crippen LogP contribution in [-0.2, 0) is 27.8 Å². The van der Waals surface area contributed by atoms with Crippen molar-refractivity contribution in [2.45, 2.75) is 64.3 Å². The number of carbonyl (C=O) groups is 2. The fourth-order valence-electron chi connectivity index (χ4n) is 4.77. The summed E-state index contributed by atoms with van der Waals surface area (Å²) in [6, 6.07) is 6.48. The Labute approximate surface area is 172 Å². The SMILES string of the molecule is CCC(=O)NC1CCc2c(-c3ccc4c(c3)CCC(=O)N4C)cncc2C1(C)C. The van der Waals surface area contributed by atoms with Gasteiger partial charge in [0.1, 0.15) is 0 Å². The van der Waals surface area contributed by atoms with E-state index in [2.05, 4.69) is 42.3 Å². The quantitative estimate of drug-likeness (QED) is 0.866. The number of aryl methyl sites for hydroxylation is 1. The maximum atomic E-state index is 12.0. The Balaban J connectivity index is 1.73. The molecule has 1 atom stereocenters. The number of rotatable bonds is 3. The molecular formula is C24H29N3O2. The summed E-state index contributed by atoms with van der Waals surface area (Å²) >= 11 is 0. The molecule has 0 saturated carbocycles. The molecule has 0 spiro atoms. The summed E-state index contributed by atoms with van der Waals surface area (Å²) in [5, 5.41) is 3.20. The Morgan fingerprint density at radius 2 is 2.03 bits per heavy atom. The summed E-state index contributed by atoms with van der Waals surface area (Å²) in [5.74, 6) is 0.273. The molecule has 0 bridgehead atoms. The van der Waals surface area contributed by atoms with Crippen LogP contribution in [0.15, 0.2) is 30.6 Å². The van der Waals surface area contributed by atoms with Gasteiger partial charge in [-0.3, -0.25) is 14.6 Å². The van der Waals surface area contributed by atoms with Gasteiger partial charge >= 0.3 is 0 Å². The molecule has 5 heteroatoms. The summed E-state index contributed by atoms with van der Waals surface area (Å²) in [4.78, 5) is 30.3. The molecule has 1 unspecified atom stereocenters. The summed E-state index contributed by atoms with van der Waals surface area (Å²) in [5.41, 5.74) is 6.90. The first-order chi connectivity index (χ1) is 13.8. The molecule has 152 valence electrons. The lowest BCUT2D eigenvalue weighted by Gasteiger charge is -2.41. The standard InChI is InChI=1S/C24H29N3O2/c1-5-22(28)26-21-10-8-17-18(13-25-14-19(17)24(21,2)3)15-6-9-20-16(12-15)7-11-23(29)27(20)4/h6,9,12-14,21H,5,7-8,10-11H2,1-4H3,(H,26,28). The van der Waals surface area contributed by atoms with Crippen LogP contribution in [0.2, 0.25) is 0 Å². The van der Waals surface area contributed by atoms with Crippen LogP contribution < -0.4 is 10.2 Å². The fourth-order valence-corrected chi connectivity index (χ4v) is 4.77. The molecule has 4 rings (SSSR count). The maximum Gasteiger partial charge on any atom is 0.227 e. The van der Waals surface area contributed by atoms with Gasteiger partial charge in [-0.05, 0) is 53.6 Å². The number of nitrogens with one attached hydrogen (secondary N) is 1. The van der Waals surface area contributed by atoms with E-state index in [1.54, 1.807) is 4.90 Å². The van der Waals surface area contributed by atoms with Crippen LogP contribution in [0.25, 0.3) is 11.1 Å². The second kappa shape index (κ2) is 7.29. The molecule has 5 nitrogen and oxygen atoms in total. The number of pyridine rings is 1. The van der Waals surface area contributed by atoms with E-state index in [1.807, 2.05) is 26.4 Å². The molecule has 0 radical (unpaired) electrons. The lowest BCUT2D eigenvalue weighted by molar-refractivity contribution is -0.122. The molecule has 2 aromatic rings. The molecule has 29 heavy (non-hydrogen) atoms. The maximum absolute atomic E-state index is 12.0. The van der Waals surface area contributed by atoms with Crippen molar-refractivity contribution in [2.24, 2.45) is 0 Å². The largest absolute Gasteiger partial charge is 0.352 e. The van der Waals surface area contributed by atoms with Gasteiger partial charge in [0.2, 0.25) is 11.8 Å². The zero-order valence-electron chi connectivity index (χ0n) is 17.7. The second-order valence-electron chi connectivity index (χ2n) is 8.74. The van der Waals surface area contributed by atoms with Gasteiger partial charge in [-0.1, -0.05) is 26.8 Å². The Bertz CT molecular complexity index is 980. The molecule has 1 aromatic heterocycles. The van der Waals surface area contributed by atoms with E-state index in [9.17, 15) is 9.59 Å². The summed E-state index contributed by atoms with van der Waals surface area (Å²) in [6.45, 7) is 6.29. The van der Waals surface area contributed by atoms with Crippen molar-refractivity contribution in [1.29, 1.82) is 0 Å². The highest BCUT2D eigenvalue weighted by molar-refractivity contribution is 5.96. The molecule has 1 aliphatic carbocycles. The van der Waals surface area contributed by atoms with Crippen molar-refractivity contribution in [3.05, 3.63) is 47.3 Å². The molecule has 1 N–H and O–H groups in total. The topological polar surface area (TPSA) is 62.3 Å². The van der Waals surface area contributed by atoms with Gasteiger partial charge in [0, 0.05) is 55.0 Å². The molecule has 0 fully saturated rings. The van der Waals surface area contributed by atoms with Gasteiger partial charge < -0.3 is 10.2 Å². The second-order valence-corrected chi connectivity index (χ2v) is 8.74. The van der Waals surface area contributed by atoms with Gasteiger partial charge in [0.05, 0.1) is 0 Å². The van der Waals surface area contributed by atoms with E-state index >= 15 is 0 Å². The average Bonchev–Trinajstić information content (AvgIpc) is 2.72. The molecule has 1 aliphatic heterocycles. The summed E-state index contributed by atoms with van der Waals surface area (Å²) in [6.07, 6.45) is 7.61. The van der Waals surface area contributed by atoms with Gasteiger partial charge in [-0.25, -0.2) is 0 Å². The van der Waals surface area contributed by atoms with E-state index in [0.29, 0.717) is 12.8 Å². The molecule has 2 amide bonds. The van der Waals surface area contributed by atoms with Crippen molar-refractivity contribution in [3.8, 4) is 11.1 Å². The predicted molar refractivity (Wildman–Crippen MR) is 115 cm³/mol. The van der Waals surface area contributed by atoms with E-state index in [0.717, 1.165) is 36.1 Å². The Morgan fingerprint density at radius 1 is 1.24 bits per heavy atom. The first-order valence-corrected chi connectivity index (χ1v) is 10.5. The van der Waals surface area contributed by atoms with Crippen LogP contribution in [-0.4, -0.2) is 29.9 Å². The van der Waals surface area contributed by atoms with Crippen molar-refractivity contribution < 1.29 is 9.59 Å². The summed E-state index contributed by atoms with van der Waals surface area (Å²) in [7, 11) is 1.85. The van der Waals surface area contributed by atoms with E-state index in [4.69, 9.17) is 0 Å². The number of hydrogen-bond acceptors (Lipinski definition) is 3. The molecule has 0 saturated heterocycles. The van der Waals surface area contributed by atoms with Crippen LogP contribution in [0.5, 0.6) is 0 Å². The minimum Gasteiger partial charge on any atom is -0.352 e. The van der Waals surface area contributed by atoms with Crippen molar-refractivity contribution >= 4 is 17.5 Å². The Morgan fingerprint density at radius 3 is 2.79 bits per heavy atom. The van der Waals surface area contributed by atoms with Crippen LogP contribution in [0.3, 0.4) is 0 Å². The smallest absolute Gasteiger partial charge is 0.227 e. The summed E-state index contributed by atoms with van der Waals surface area (Å²) < 4.78 is 0. The number of amides is 2. The third-order valence-electron chi connectivity index (χ3n) is 6.70. The Hall–Kier alpha value is -2.69. The molecule has 1 aromatic carbocycles. The van der Waals surface area contributed by atoms with Crippen LogP contribution in [0.1, 0.15) is 56.7 Å². The predicted octanol–water partition coefficient (Wildman–Crippen LogP) is 3.78. The third-order valence-corrected chi connectivity index (χ3v) is 6.70. The van der Waals surface area contributed by atoms with Gasteiger partial charge in [0.15, 0.2) is 0 Å². The van der Waals surface area contributed by atoms with Crippen LogP contribution in [0.4, 0.5) is 5.69 Å². The van der Waals surface area contributed by atoms with Crippen LogP contribution in [0, 0.1) is 0 Å². The fraction of sp³-hybridized carbons (Fsp3) is 0.458. The number of fused-ring (bicyclic) bond motifs is 2. The van der Waals surface area contributed by atoms with E-state index < -0.39 is 0 Å². The number of benzene rings is 1. The monoisotopic (exact) mass is 391 g/mol. The van der Waals surface area contributed by atoms with Crippen molar-refractivity contribution in [3.63, 3.8) is 0 Å². The van der Waals surface area contributed by atoms with E-state index in [-0.39, 0.29) is 23.3 Å². The first kappa shape index (κ1) is 19.6. The van der Waals surface area contributed by atoms with Crippen molar-refractivity contribution in [1.82, 2.24) is 10.3 Å². The molecule has 2 heterocycles. The van der Waals surface area contributed by atoms with Crippen LogP contribution >= 0.6 is 0 Å². The highest BCUT2D eigenvalue weighted by Crippen LogP contribution is 2.41. The number of hydrogen-bond donors (Lipinski definition) is 1. The average molecular weight is 392 g/mol. The Kier molecular flexibility index (Phi) is 4.93. The lowest BCUT2D eigenvalue weighted by Crippen LogP contribution is -2.50. The minimum atomic E-state index is -0.178. The normalized spacial score (nSPS) is 20.1. The number of nitrogens with zero attached hydrogens (tertiary/aromatic N) is 2. The minimum absolute atomic E-state index is 0.101. The van der Waals surface area contributed by atoms with Crippen molar-refractivity contribution in [2.75, 3.05) is 11.9 Å². The zero-order valence-corrected chi connectivity index (χ0v) is 17.7. The highest BCUT2D eigenvalue weighted by atomic mass is 16.2. The van der Waals surface area contributed by atoms with Gasteiger partial charge in [-0.15, -0.1) is 0 Å². The zero-order chi connectivity index (χ0) is 20.8. The molecule has 2 aliphatic rings. The third kappa shape index (κ3) is 3.33. The number of carbonyl (C=O) groups excluding carboxylic acids is 2. The first-order valence-electron chi connectivity index (χ1n) is 10.5. The van der Waals surface area contributed by atoms with Gasteiger partial charge in [-0.2, -0.15) is 0 Å². The number of anilines is 1.